The average Bonchev–Trinajstić information content (AvgIpc) is 3.13. The fourth-order valence-corrected chi connectivity index (χ4v) is 4.96. The van der Waals surface area contributed by atoms with E-state index in [-0.39, 0.29) is 0 Å². The van der Waals surface area contributed by atoms with Gasteiger partial charge in [-0.15, -0.1) is 0 Å². The van der Waals surface area contributed by atoms with Crippen LogP contribution in [0.25, 0.3) is 0 Å². The molecule has 0 bridgehead atoms. The third kappa shape index (κ3) is 3.16. The van der Waals surface area contributed by atoms with Crippen LogP contribution in [0.1, 0.15) is 57.8 Å². The zero-order valence-electron chi connectivity index (χ0n) is 12.6. The molecule has 2 atom stereocenters. The van der Waals surface area contributed by atoms with Gasteiger partial charge in [-0.2, -0.15) is 0 Å². The first-order chi connectivity index (χ1) is 9.34. The second-order valence-electron chi connectivity index (χ2n) is 7.38. The zero-order chi connectivity index (χ0) is 13.1. The Balaban J connectivity index is 1.59. The summed E-state index contributed by atoms with van der Waals surface area (Å²) < 4.78 is 5.17. The molecule has 1 N–H and O–H groups in total. The van der Waals surface area contributed by atoms with Gasteiger partial charge < -0.3 is 10.1 Å². The topological polar surface area (TPSA) is 21.3 Å². The van der Waals surface area contributed by atoms with E-state index in [2.05, 4.69) is 5.32 Å². The van der Waals surface area contributed by atoms with E-state index in [1.165, 1.54) is 57.9 Å². The van der Waals surface area contributed by atoms with E-state index >= 15 is 0 Å². The molecule has 0 heterocycles. The highest BCUT2D eigenvalue weighted by atomic mass is 16.5. The predicted octanol–water partition coefficient (Wildman–Crippen LogP) is 3.61. The van der Waals surface area contributed by atoms with Gasteiger partial charge in [0.1, 0.15) is 0 Å². The summed E-state index contributed by atoms with van der Waals surface area (Å²) in [4.78, 5) is 0. The second-order valence-corrected chi connectivity index (χ2v) is 7.38. The Bertz CT molecular complexity index is 273. The van der Waals surface area contributed by atoms with E-state index in [9.17, 15) is 0 Å². The van der Waals surface area contributed by atoms with Gasteiger partial charge in [-0.1, -0.05) is 25.7 Å². The molecule has 3 saturated carbocycles. The third-order valence-electron chi connectivity index (χ3n) is 6.09. The quantitative estimate of drug-likeness (QED) is 0.585. The van der Waals surface area contributed by atoms with Crippen LogP contribution in [0.15, 0.2) is 0 Å². The van der Waals surface area contributed by atoms with Gasteiger partial charge in [-0.25, -0.2) is 0 Å². The molecular formula is C17H31NO. The Morgan fingerprint density at radius 1 is 1.05 bits per heavy atom. The first-order valence-corrected chi connectivity index (χ1v) is 8.54. The number of ether oxygens (including phenoxy) is 1. The number of methoxy groups -OCH3 is 1. The molecule has 0 aromatic rings. The van der Waals surface area contributed by atoms with Crippen molar-refractivity contribution in [3.05, 3.63) is 0 Å². The van der Waals surface area contributed by atoms with Crippen molar-refractivity contribution < 1.29 is 4.74 Å². The molecule has 0 aromatic carbocycles. The summed E-state index contributed by atoms with van der Waals surface area (Å²) in [5.74, 6) is 3.22. The average molecular weight is 265 g/mol. The van der Waals surface area contributed by atoms with Gasteiger partial charge in [0.05, 0.1) is 6.61 Å². The zero-order valence-corrected chi connectivity index (χ0v) is 12.6. The summed E-state index contributed by atoms with van der Waals surface area (Å²) >= 11 is 0. The van der Waals surface area contributed by atoms with Crippen LogP contribution >= 0.6 is 0 Å². The van der Waals surface area contributed by atoms with Gasteiger partial charge in [0, 0.05) is 20.2 Å². The van der Waals surface area contributed by atoms with Gasteiger partial charge in [0.25, 0.3) is 0 Å². The SMILES string of the molecule is COCCNCC1(C2CCCCCC2)CC2CC2C1. The highest BCUT2D eigenvalue weighted by Crippen LogP contribution is 2.63. The number of nitrogens with one attached hydrogen (secondary N) is 1. The van der Waals surface area contributed by atoms with E-state index < -0.39 is 0 Å². The van der Waals surface area contributed by atoms with Crippen molar-refractivity contribution in [2.75, 3.05) is 26.8 Å². The van der Waals surface area contributed by atoms with Gasteiger partial charge in [-0.05, 0) is 55.3 Å². The molecule has 3 fully saturated rings. The first-order valence-electron chi connectivity index (χ1n) is 8.54. The molecule has 2 heteroatoms. The summed E-state index contributed by atoms with van der Waals surface area (Å²) in [6.45, 7) is 3.14. The molecule has 0 amide bonds. The lowest BCUT2D eigenvalue weighted by atomic mass is 9.68. The summed E-state index contributed by atoms with van der Waals surface area (Å²) in [5, 5.41) is 3.70. The Morgan fingerprint density at radius 3 is 2.37 bits per heavy atom. The van der Waals surface area contributed by atoms with E-state index in [1.807, 2.05) is 0 Å². The van der Waals surface area contributed by atoms with Crippen LogP contribution < -0.4 is 5.32 Å². The van der Waals surface area contributed by atoms with Crippen LogP contribution in [0.3, 0.4) is 0 Å². The Hall–Kier alpha value is -0.0800. The minimum absolute atomic E-state index is 0.658. The van der Waals surface area contributed by atoms with Crippen LogP contribution in [-0.2, 0) is 4.74 Å². The number of fused-ring (bicyclic) bond motifs is 1. The monoisotopic (exact) mass is 265 g/mol. The van der Waals surface area contributed by atoms with Gasteiger partial charge in [0.15, 0.2) is 0 Å². The minimum Gasteiger partial charge on any atom is -0.383 e. The highest BCUT2D eigenvalue weighted by molar-refractivity contribution is 5.06. The fourth-order valence-electron chi connectivity index (χ4n) is 4.96. The number of rotatable bonds is 6. The van der Waals surface area contributed by atoms with Crippen LogP contribution in [0.5, 0.6) is 0 Å². The lowest BCUT2D eigenvalue weighted by Gasteiger charge is -2.39. The second kappa shape index (κ2) is 6.13. The van der Waals surface area contributed by atoms with E-state index in [1.54, 1.807) is 13.5 Å². The van der Waals surface area contributed by atoms with Crippen molar-refractivity contribution in [2.45, 2.75) is 57.8 Å². The van der Waals surface area contributed by atoms with Gasteiger partial charge in [0.2, 0.25) is 0 Å². The van der Waals surface area contributed by atoms with Crippen molar-refractivity contribution in [3.63, 3.8) is 0 Å². The molecule has 0 aromatic heterocycles. The summed E-state index contributed by atoms with van der Waals surface area (Å²) in [6.07, 6.45) is 13.6. The maximum atomic E-state index is 5.17. The lowest BCUT2D eigenvalue weighted by Crippen LogP contribution is -2.40. The summed E-state index contributed by atoms with van der Waals surface area (Å²) in [5.41, 5.74) is 0.658. The maximum Gasteiger partial charge on any atom is 0.0587 e. The molecule has 3 aliphatic rings. The van der Waals surface area contributed by atoms with E-state index in [4.69, 9.17) is 4.74 Å². The van der Waals surface area contributed by atoms with Crippen molar-refractivity contribution >= 4 is 0 Å². The number of hydrogen-bond donors (Lipinski definition) is 1. The normalized spacial score (nSPS) is 39.0. The molecule has 0 aliphatic heterocycles. The van der Waals surface area contributed by atoms with Crippen LogP contribution in [-0.4, -0.2) is 26.8 Å². The van der Waals surface area contributed by atoms with Crippen molar-refractivity contribution in [1.29, 1.82) is 0 Å². The van der Waals surface area contributed by atoms with Crippen molar-refractivity contribution in [3.8, 4) is 0 Å². The highest BCUT2D eigenvalue weighted by Gasteiger charge is 2.55. The molecule has 3 aliphatic carbocycles. The molecule has 3 rings (SSSR count). The molecule has 19 heavy (non-hydrogen) atoms. The Morgan fingerprint density at radius 2 is 1.74 bits per heavy atom. The first kappa shape index (κ1) is 13.9. The van der Waals surface area contributed by atoms with E-state index in [0.717, 1.165) is 30.9 Å². The smallest absolute Gasteiger partial charge is 0.0587 e. The minimum atomic E-state index is 0.658. The Labute approximate surface area is 118 Å². The van der Waals surface area contributed by atoms with Crippen molar-refractivity contribution in [1.82, 2.24) is 5.32 Å². The molecule has 110 valence electrons. The standard InChI is InChI=1S/C17H31NO/c1-19-9-8-18-13-17(11-14-10-15(14)12-17)16-6-4-2-3-5-7-16/h14-16,18H,2-13H2,1H3. The molecule has 2 unspecified atom stereocenters. The summed E-state index contributed by atoms with van der Waals surface area (Å²) in [6, 6.07) is 0. The predicted molar refractivity (Wildman–Crippen MR) is 79.2 cm³/mol. The van der Waals surface area contributed by atoms with Gasteiger partial charge in [-0.3, -0.25) is 0 Å². The fraction of sp³-hybridized carbons (Fsp3) is 1.00. The maximum absolute atomic E-state index is 5.17. The molecule has 0 saturated heterocycles. The Kier molecular flexibility index (Phi) is 4.48. The number of hydrogen-bond acceptors (Lipinski definition) is 2. The van der Waals surface area contributed by atoms with Crippen molar-refractivity contribution in [2.24, 2.45) is 23.2 Å². The van der Waals surface area contributed by atoms with Crippen LogP contribution in [0.4, 0.5) is 0 Å². The largest absolute Gasteiger partial charge is 0.383 e. The molecular weight excluding hydrogens is 234 g/mol. The molecule has 0 spiro atoms. The van der Waals surface area contributed by atoms with Crippen LogP contribution in [0.2, 0.25) is 0 Å². The van der Waals surface area contributed by atoms with E-state index in [0.29, 0.717) is 5.41 Å². The van der Waals surface area contributed by atoms with Crippen LogP contribution in [0, 0.1) is 23.2 Å². The molecule has 2 nitrogen and oxygen atoms in total. The summed E-state index contributed by atoms with van der Waals surface area (Å²) in [7, 11) is 1.80. The van der Waals surface area contributed by atoms with Gasteiger partial charge >= 0.3 is 0 Å². The third-order valence-corrected chi connectivity index (χ3v) is 6.09. The lowest BCUT2D eigenvalue weighted by molar-refractivity contribution is 0.118. The molecule has 0 radical (unpaired) electrons.